The van der Waals surface area contributed by atoms with Crippen LogP contribution >= 0.6 is 0 Å². The summed E-state index contributed by atoms with van der Waals surface area (Å²) < 4.78 is 0. The second kappa shape index (κ2) is 6.95. The van der Waals surface area contributed by atoms with Crippen LogP contribution in [0.3, 0.4) is 0 Å². The fraction of sp³-hybridized carbons (Fsp3) is 0.370. The Hall–Kier alpha value is -2.65. The Labute approximate surface area is 178 Å². The van der Waals surface area contributed by atoms with Crippen molar-refractivity contribution in [3.8, 4) is 11.1 Å². The van der Waals surface area contributed by atoms with Crippen LogP contribution in [0.25, 0.3) is 21.9 Å². The zero-order chi connectivity index (χ0) is 21.8. The number of carboxylic acids is 1. The highest BCUT2D eigenvalue weighted by molar-refractivity contribution is 6.02. The molecule has 1 aliphatic carbocycles. The Kier molecular flexibility index (Phi) is 4.78. The number of aromatic carboxylic acids is 1. The van der Waals surface area contributed by atoms with Crippen LogP contribution in [0.2, 0.25) is 0 Å². The first-order valence-corrected chi connectivity index (χ1v) is 10.6. The number of benzene rings is 3. The summed E-state index contributed by atoms with van der Waals surface area (Å²) in [5.74, 6) is -0.932. The van der Waals surface area contributed by atoms with Gasteiger partial charge >= 0.3 is 5.97 Å². The summed E-state index contributed by atoms with van der Waals surface area (Å²) in [5, 5.41) is 21.3. The predicted octanol–water partition coefficient (Wildman–Crippen LogP) is 6.35. The molecule has 0 amide bonds. The van der Waals surface area contributed by atoms with Gasteiger partial charge in [0.1, 0.15) is 0 Å². The molecule has 0 aliphatic heterocycles. The van der Waals surface area contributed by atoms with Crippen molar-refractivity contribution in [1.82, 2.24) is 0 Å². The fourth-order valence-electron chi connectivity index (χ4n) is 4.95. The summed E-state index contributed by atoms with van der Waals surface area (Å²) in [4.78, 5) is 11.4. The van der Waals surface area contributed by atoms with E-state index in [2.05, 4.69) is 46.8 Å². The molecule has 2 N–H and O–H groups in total. The van der Waals surface area contributed by atoms with Crippen LogP contribution < -0.4 is 0 Å². The number of hydrogen-bond donors (Lipinski definition) is 2. The lowest BCUT2D eigenvalue weighted by Crippen LogP contribution is -2.34. The maximum atomic E-state index is 11.4. The first kappa shape index (κ1) is 20.6. The van der Waals surface area contributed by atoms with Crippen molar-refractivity contribution in [3.63, 3.8) is 0 Å². The fourth-order valence-corrected chi connectivity index (χ4v) is 4.95. The van der Waals surface area contributed by atoms with Gasteiger partial charge in [0.05, 0.1) is 12.2 Å². The quantitative estimate of drug-likeness (QED) is 0.536. The number of hydrogen-bond acceptors (Lipinski definition) is 2. The Morgan fingerprint density at radius 3 is 2.17 bits per heavy atom. The lowest BCUT2D eigenvalue weighted by molar-refractivity contribution is 0.0697. The topological polar surface area (TPSA) is 57.5 Å². The van der Waals surface area contributed by atoms with Gasteiger partial charge in [-0.1, -0.05) is 58.0 Å². The summed E-state index contributed by atoms with van der Waals surface area (Å²) in [6, 6.07) is 13.7. The van der Waals surface area contributed by atoms with Gasteiger partial charge in [-0.25, -0.2) is 4.79 Å². The van der Waals surface area contributed by atoms with E-state index in [4.69, 9.17) is 0 Å². The van der Waals surface area contributed by atoms with Crippen molar-refractivity contribution < 1.29 is 15.0 Å². The lowest BCUT2D eigenvalue weighted by atomic mass is 9.62. The van der Waals surface area contributed by atoms with E-state index in [1.54, 1.807) is 12.1 Å². The normalized spacial score (nSPS) is 17.0. The summed E-state index contributed by atoms with van der Waals surface area (Å²) in [7, 11) is 0. The SMILES string of the molecule is Cc1cc2c(cc1-c1c(CO)ccc3cc(C(=O)O)ccc13)C(C)(C)CCC2(C)C. The highest BCUT2D eigenvalue weighted by Crippen LogP contribution is 2.48. The predicted molar refractivity (Wildman–Crippen MR) is 122 cm³/mol. The Morgan fingerprint density at radius 1 is 0.933 bits per heavy atom. The van der Waals surface area contributed by atoms with Crippen LogP contribution in [0, 0.1) is 6.92 Å². The molecule has 0 saturated heterocycles. The molecule has 0 unspecified atom stereocenters. The van der Waals surface area contributed by atoms with Gasteiger partial charge in [0.2, 0.25) is 0 Å². The van der Waals surface area contributed by atoms with Crippen LogP contribution in [0.1, 0.15) is 73.1 Å². The molecule has 0 bridgehead atoms. The van der Waals surface area contributed by atoms with Gasteiger partial charge < -0.3 is 10.2 Å². The average Bonchev–Trinajstić information content (AvgIpc) is 2.70. The minimum absolute atomic E-state index is 0.0582. The Morgan fingerprint density at radius 2 is 1.57 bits per heavy atom. The molecule has 3 aromatic rings. The first-order valence-electron chi connectivity index (χ1n) is 10.6. The molecule has 30 heavy (non-hydrogen) atoms. The number of aliphatic hydroxyl groups is 1. The standard InChI is InChI=1S/C27H30O3/c1-16-12-22-23(27(4,5)11-10-26(22,2)3)14-21(16)24-19(15-28)7-6-17-13-18(25(29)30)8-9-20(17)24/h6-9,12-14,28H,10-11,15H2,1-5H3,(H,29,30). The van der Waals surface area contributed by atoms with E-state index in [1.807, 2.05) is 18.2 Å². The number of aliphatic hydroxyl groups excluding tert-OH is 1. The van der Waals surface area contributed by atoms with Gasteiger partial charge in [0.25, 0.3) is 0 Å². The van der Waals surface area contributed by atoms with Gasteiger partial charge in [0.15, 0.2) is 0 Å². The molecule has 0 saturated carbocycles. The molecular weight excluding hydrogens is 372 g/mol. The molecular formula is C27H30O3. The summed E-state index contributed by atoms with van der Waals surface area (Å²) in [5.41, 5.74) is 7.47. The van der Waals surface area contributed by atoms with Gasteiger partial charge in [-0.2, -0.15) is 0 Å². The third-order valence-electron chi connectivity index (χ3n) is 6.99. The number of aryl methyl sites for hydroxylation is 1. The number of rotatable bonds is 3. The minimum Gasteiger partial charge on any atom is -0.478 e. The van der Waals surface area contributed by atoms with Gasteiger partial charge in [-0.3, -0.25) is 0 Å². The smallest absolute Gasteiger partial charge is 0.335 e. The first-order chi connectivity index (χ1) is 14.0. The highest BCUT2D eigenvalue weighted by atomic mass is 16.4. The van der Waals surface area contributed by atoms with Crippen LogP contribution in [-0.2, 0) is 17.4 Å². The molecule has 4 rings (SSSR count). The number of fused-ring (bicyclic) bond motifs is 2. The molecule has 0 spiro atoms. The van der Waals surface area contributed by atoms with Gasteiger partial charge in [-0.05, 0) is 86.9 Å². The zero-order valence-electron chi connectivity index (χ0n) is 18.5. The maximum absolute atomic E-state index is 11.4. The number of carbonyl (C=O) groups is 1. The van der Waals surface area contributed by atoms with Crippen LogP contribution in [0.15, 0.2) is 42.5 Å². The third kappa shape index (κ3) is 3.22. The van der Waals surface area contributed by atoms with E-state index < -0.39 is 5.97 Å². The summed E-state index contributed by atoms with van der Waals surface area (Å²) >= 11 is 0. The molecule has 156 valence electrons. The monoisotopic (exact) mass is 402 g/mol. The van der Waals surface area contributed by atoms with E-state index in [9.17, 15) is 15.0 Å². The molecule has 0 atom stereocenters. The van der Waals surface area contributed by atoms with Crippen molar-refractivity contribution in [1.29, 1.82) is 0 Å². The molecule has 0 heterocycles. The molecule has 0 fully saturated rings. The molecule has 1 aliphatic rings. The second-order valence-corrected chi connectivity index (χ2v) is 9.98. The van der Waals surface area contributed by atoms with Crippen LogP contribution in [0.4, 0.5) is 0 Å². The minimum atomic E-state index is -0.932. The van der Waals surface area contributed by atoms with Crippen molar-refractivity contribution in [2.45, 2.75) is 64.9 Å². The van der Waals surface area contributed by atoms with Crippen molar-refractivity contribution in [3.05, 3.63) is 70.3 Å². The van der Waals surface area contributed by atoms with Gasteiger partial charge in [0, 0.05) is 0 Å². The van der Waals surface area contributed by atoms with E-state index >= 15 is 0 Å². The van der Waals surface area contributed by atoms with Crippen LogP contribution in [0.5, 0.6) is 0 Å². The second-order valence-electron chi connectivity index (χ2n) is 9.98. The number of carboxylic acid groups (broad SMARTS) is 1. The molecule has 0 radical (unpaired) electrons. The maximum Gasteiger partial charge on any atom is 0.335 e. The Bertz CT molecular complexity index is 1170. The van der Waals surface area contributed by atoms with E-state index in [0.29, 0.717) is 0 Å². The molecule has 3 nitrogen and oxygen atoms in total. The Balaban J connectivity index is 2.04. The molecule has 3 heteroatoms. The largest absolute Gasteiger partial charge is 0.478 e. The summed E-state index contributed by atoms with van der Waals surface area (Å²) in [6.07, 6.45) is 2.31. The van der Waals surface area contributed by atoms with E-state index in [0.717, 1.165) is 33.9 Å². The molecule has 0 aromatic heterocycles. The van der Waals surface area contributed by atoms with Crippen molar-refractivity contribution in [2.75, 3.05) is 0 Å². The van der Waals surface area contributed by atoms with E-state index in [-0.39, 0.29) is 23.0 Å². The van der Waals surface area contributed by atoms with E-state index in [1.165, 1.54) is 23.1 Å². The van der Waals surface area contributed by atoms with Gasteiger partial charge in [-0.15, -0.1) is 0 Å². The summed E-state index contributed by atoms with van der Waals surface area (Å²) in [6.45, 7) is 11.4. The highest BCUT2D eigenvalue weighted by Gasteiger charge is 2.37. The van der Waals surface area contributed by atoms with Crippen LogP contribution in [-0.4, -0.2) is 16.2 Å². The molecule has 3 aromatic carbocycles. The van der Waals surface area contributed by atoms with Crippen molar-refractivity contribution in [2.24, 2.45) is 0 Å². The zero-order valence-corrected chi connectivity index (χ0v) is 18.5. The average molecular weight is 403 g/mol. The lowest BCUT2D eigenvalue weighted by Gasteiger charge is -2.42. The third-order valence-corrected chi connectivity index (χ3v) is 6.99. The van der Waals surface area contributed by atoms with Crippen molar-refractivity contribution >= 4 is 16.7 Å².